The van der Waals surface area contributed by atoms with Crippen molar-refractivity contribution in [3.8, 4) is 5.75 Å². The number of methoxy groups -OCH3 is 1. The zero-order valence-corrected chi connectivity index (χ0v) is 19.1. The number of aliphatic imine (C=N–C) groups is 1. The average Bonchev–Trinajstić information content (AvgIpc) is 2.66. The first-order chi connectivity index (χ1) is 12.6. The molecule has 0 amide bonds. The van der Waals surface area contributed by atoms with Crippen molar-refractivity contribution in [3.63, 3.8) is 0 Å². The van der Waals surface area contributed by atoms with Crippen LogP contribution in [-0.4, -0.2) is 57.2 Å². The molecular weight excluding hydrogens is 457 g/mol. The quantitative estimate of drug-likeness (QED) is 0.288. The number of likely N-dealkylation sites (tertiary alicyclic amines) is 1. The van der Waals surface area contributed by atoms with E-state index < -0.39 is 0 Å². The smallest absolute Gasteiger partial charge is 0.310 e. The molecule has 1 aliphatic heterocycles. The third-order valence-electron chi connectivity index (χ3n) is 4.72. The summed E-state index contributed by atoms with van der Waals surface area (Å²) in [6.07, 6.45) is 2.74. The Bertz CT molecular complexity index is 637. The number of ether oxygens (including phenoxy) is 2. The molecule has 7 heteroatoms. The molecule has 152 valence electrons. The topological polar surface area (TPSA) is 63.2 Å². The van der Waals surface area contributed by atoms with Gasteiger partial charge in [0.1, 0.15) is 5.75 Å². The number of esters is 1. The Labute approximate surface area is 179 Å². The molecule has 1 saturated heterocycles. The van der Waals surface area contributed by atoms with E-state index in [1.807, 2.05) is 13.8 Å². The maximum Gasteiger partial charge on any atom is 0.310 e. The minimum atomic E-state index is -0.0978. The molecule has 0 aliphatic carbocycles. The Morgan fingerprint density at radius 3 is 2.85 bits per heavy atom. The zero-order valence-electron chi connectivity index (χ0n) is 16.8. The van der Waals surface area contributed by atoms with E-state index in [0.29, 0.717) is 13.2 Å². The van der Waals surface area contributed by atoms with Gasteiger partial charge in [-0.3, -0.25) is 9.79 Å². The van der Waals surface area contributed by atoms with Gasteiger partial charge in [0.05, 0.1) is 19.6 Å². The number of piperidine rings is 1. The summed E-state index contributed by atoms with van der Waals surface area (Å²) in [5, 5.41) is 3.41. The van der Waals surface area contributed by atoms with Gasteiger partial charge in [0.15, 0.2) is 5.96 Å². The molecule has 0 aromatic heterocycles. The van der Waals surface area contributed by atoms with E-state index in [1.54, 1.807) is 14.2 Å². The summed E-state index contributed by atoms with van der Waals surface area (Å²) >= 11 is 0. The summed E-state index contributed by atoms with van der Waals surface area (Å²) in [5.41, 5.74) is 2.36. The van der Waals surface area contributed by atoms with Crippen molar-refractivity contribution in [3.05, 3.63) is 29.3 Å². The minimum Gasteiger partial charge on any atom is -0.496 e. The second-order valence-corrected chi connectivity index (χ2v) is 6.57. The number of hydrogen-bond acceptors (Lipinski definition) is 4. The van der Waals surface area contributed by atoms with Crippen LogP contribution in [0.1, 0.15) is 30.9 Å². The normalized spacial score (nSPS) is 17.1. The first-order valence-corrected chi connectivity index (χ1v) is 9.34. The first-order valence-electron chi connectivity index (χ1n) is 9.34. The number of rotatable bonds is 6. The summed E-state index contributed by atoms with van der Waals surface area (Å²) in [6, 6.07) is 6.29. The van der Waals surface area contributed by atoms with E-state index in [2.05, 4.69) is 33.4 Å². The van der Waals surface area contributed by atoms with Crippen LogP contribution < -0.4 is 10.1 Å². The van der Waals surface area contributed by atoms with Crippen LogP contribution >= 0.6 is 24.0 Å². The number of carbonyl (C=O) groups is 1. The van der Waals surface area contributed by atoms with Gasteiger partial charge >= 0.3 is 5.97 Å². The molecule has 0 saturated carbocycles. The standard InChI is InChI=1S/C20H31N3O3.HI/c1-5-26-19(24)17-7-6-12-23(14-17)20(21-3)22-11-10-16-9-8-15(2)18(13-16)25-4;/h8-9,13,17H,5-7,10-12,14H2,1-4H3,(H,21,22);1H. The summed E-state index contributed by atoms with van der Waals surface area (Å²) in [6.45, 7) is 6.67. The van der Waals surface area contributed by atoms with Crippen molar-refractivity contribution in [2.24, 2.45) is 10.9 Å². The van der Waals surface area contributed by atoms with Crippen LogP contribution in [0.15, 0.2) is 23.2 Å². The van der Waals surface area contributed by atoms with Crippen molar-refractivity contribution in [1.29, 1.82) is 0 Å². The maximum atomic E-state index is 12.0. The highest BCUT2D eigenvalue weighted by atomic mass is 127. The number of hydrogen-bond donors (Lipinski definition) is 1. The van der Waals surface area contributed by atoms with Gasteiger partial charge in [-0.2, -0.15) is 0 Å². The summed E-state index contributed by atoms with van der Waals surface area (Å²) in [5.74, 6) is 1.60. The van der Waals surface area contributed by atoms with Gasteiger partial charge in [0.2, 0.25) is 0 Å². The molecule has 1 N–H and O–H groups in total. The first kappa shape index (κ1) is 23.5. The van der Waals surface area contributed by atoms with Crippen LogP contribution in [-0.2, 0) is 16.0 Å². The summed E-state index contributed by atoms with van der Waals surface area (Å²) in [4.78, 5) is 18.6. The van der Waals surface area contributed by atoms with Crippen LogP contribution in [0.3, 0.4) is 0 Å². The molecule has 6 nitrogen and oxygen atoms in total. The molecule has 1 aromatic rings. The predicted molar refractivity (Wildman–Crippen MR) is 119 cm³/mol. The Balaban J connectivity index is 0.00000364. The predicted octanol–water partition coefficient (Wildman–Crippen LogP) is 3.01. The number of nitrogens with zero attached hydrogens (tertiary/aromatic N) is 2. The third-order valence-corrected chi connectivity index (χ3v) is 4.72. The van der Waals surface area contributed by atoms with E-state index in [4.69, 9.17) is 9.47 Å². The fourth-order valence-corrected chi connectivity index (χ4v) is 3.29. The highest BCUT2D eigenvalue weighted by molar-refractivity contribution is 14.0. The molecule has 0 bridgehead atoms. The van der Waals surface area contributed by atoms with E-state index in [1.165, 1.54) is 5.56 Å². The monoisotopic (exact) mass is 489 g/mol. The van der Waals surface area contributed by atoms with Gasteiger partial charge in [-0.05, 0) is 50.3 Å². The maximum absolute atomic E-state index is 12.0. The molecule has 1 atom stereocenters. The Hall–Kier alpha value is -1.51. The molecular formula is C20H32IN3O3. The van der Waals surface area contributed by atoms with E-state index >= 15 is 0 Å². The SMILES string of the molecule is CCOC(=O)C1CCCN(C(=NC)NCCc2ccc(C)c(OC)c2)C1.I. The lowest BCUT2D eigenvalue weighted by atomic mass is 9.98. The minimum absolute atomic E-state index is 0. The van der Waals surface area contributed by atoms with Crippen LogP contribution in [0.25, 0.3) is 0 Å². The van der Waals surface area contributed by atoms with Gasteiger partial charge in [-0.15, -0.1) is 24.0 Å². The number of carbonyl (C=O) groups excluding carboxylic acids is 1. The molecule has 2 rings (SSSR count). The molecule has 1 aliphatic rings. The van der Waals surface area contributed by atoms with Gasteiger partial charge in [0.25, 0.3) is 0 Å². The Morgan fingerprint density at radius 2 is 2.19 bits per heavy atom. The molecule has 0 spiro atoms. The van der Waals surface area contributed by atoms with Crippen molar-refractivity contribution in [2.75, 3.05) is 40.4 Å². The largest absolute Gasteiger partial charge is 0.496 e. The Morgan fingerprint density at radius 1 is 1.41 bits per heavy atom. The zero-order chi connectivity index (χ0) is 18.9. The van der Waals surface area contributed by atoms with Crippen molar-refractivity contribution >= 4 is 35.9 Å². The van der Waals surface area contributed by atoms with Gasteiger partial charge < -0.3 is 19.7 Å². The highest BCUT2D eigenvalue weighted by Crippen LogP contribution is 2.20. The van der Waals surface area contributed by atoms with E-state index in [-0.39, 0.29) is 35.9 Å². The van der Waals surface area contributed by atoms with Crippen LogP contribution in [0.5, 0.6) is 5.75 Å². The van der Waals surface area contributed by atoms with Crippen LogP contribution in [0, 0.1) is 12.8 Å². The van der Waals surface area contributed by atoms with Crippen molar-refractivity contribution in [1.82, 2.24) is 10.2 Å². The number of benzene rings is 1. The number of aryl methyl sites for hydroxylation is 1. The average molecular weight is 489 g/mol. The molecule has 1 fully saturated rings. The van der Waals surface area contributed by atoms with Crippen LogP contribution in [0.2, 0.25) is 0 Å². The third kappa shape index (κ3) is 6.86. The lowest BCUT2D eigenvalue weighted by molar-refractivity contribution is -0.149. The molecule has 1 aromatic carbocycles. The second-order valence-electron chi connectivity index (χ2n) is 6.57. The lowest BCUT2D eigenvalue weighted by Gasteiger charge is -2.34. The second kappa shape index (κ2) is 12.0. The molecule has 1 heterocycles. The summed E-state index contributed by atoms with van der Waals surface area (Å²) < 4.78 is 10.6. The van der Waals surface area contributed by atoms with Gasteiger partial charge in [0, 0.05) is 26.7 Å². The highest BCUT2D eigenvalue weighted by Gasteiger charge is 2.28. The Kier molecular flexibility index (Phi) is 10.5. The number of guanidine groups is 1. The number of nitrogens with one attached hydrogen (secondary N) is 1. The van der Waals surface area contributed by atoms with E-state index in [0.717, 1.165) is 49.6 Å². The molecule has 0 radical (unpaired) electrons. The van der Waals surface area contributed by atoms with Gasteiger partial charge in [-0.1, -0.05) is 12.1 Å². The van der Waals surface area contributed by atoms with Crippen LogP contribution in [0.4, 0.5) is 0 Å². The van der Waals surface area contributed by atoms with E-state index in [9.17, 15) is 4.79 Å². The molecule has 27 heavy (non-hydrogen) atoms. The fourth-order valence-electron chi connectivity index (χ4n) is 3.29. The van der Waals surface area contributed by atoms with Crippen molar-refractivity contribution < 1.29 is 14.3 Å². The van der Waals surface area contributed by atoms with Crippen molar-refractivity contribution in [2.45, 2.75) is 33.1 Å². The fraction of sp³-hybridized carbons (Fsp3) is 0.600. The number of halogens is 1. The van der Waals surface area contributed by atoms with Gasteiger partial charge in [-0.25, -0.2) is 0 Å². The summed E-state index contributed by atoms with van der Waals surface area (Å²) in [7, 11) is 3.48. The molecule has 1 unspecified atom stereocenters. The lowest BCUT2D eigenvalue weighted by Crippen LogP contribution is -2.48.